The molecule has 8 nitrogen and oxygen atoms in total. The lowest BCUT2D eigenvalue weighted by atomic mass is 10.1. The Labute approximate surface area is 238 Å². The molecule has 0 saturated carbocycles. The molecule has 40 heavy (non-hydrogen) atoms. The summed E-state index contributed by atoms with van der Waals surface area (Å²) in [5, 5.41) is 2.91. The highest BCUT2D eigenvalue weighted by Crippen LogP contribution is 2.33. The number of carbonyl (C=O) groups is 2. The first-order chi connectivity index (χ1) is 19.1. The van der Waals surface area contributed by atoms with Crippen molar-refractivity contribution in [2.45, 2.75) is 64.6 Å². The van der Waals surface area contributed by atoms with Gasteiger partial charge in [0.2, 0.25) is 11.8 Å². The highest BCUT2D eigenvalue weighted by Gasteiger charge is 2.34. The van der Waals surface area contributed by atoms with Crippen molar-refractivity contribution in [1.29, 1.82) is 0 Å². The maximum Gasteiger partial charge on any atom is 0.264 e. The van der Waals surface area contributed by atoms with Crippen LogP contribution < -0.4 is 14.4 Å². The molecule has 0 aromatic heterocycles. The van der Waals surface area contributed by atoms with Crippen LogP contribution >= 0.6 is 0 Å². The third-order valence-electron chi connectivity index (χ3n) is 6.33. The number of nitrogens with one attached hydrogen (secondary N) is 1. The molecule has 2 amide bonds. The number of anilines is 1. The first kappa shape index (κ1) is 30.7. The molecule has 9 heteroatoms. The van der Waals surface area contributed by atoms with E-state index < -0.39 is 28.5 Å². The number of nitrogens with zero attached hydrogens (tertiary/aromatic N) is 2. The Balaban J connectivity index is 2.09. The molecular weight excluding hydrogens is 526 g/mol. The fraction of sp³-hybridized carbons (Fsp3) is 0.355. The van der Waals surface area contributed by atoms with Crippen molar-refractivity contribution in [2.24, 2.45) is 0 Å². The number of benzene rings is 3. The fourth-order valence-corrected chi connectivity index (χ4v) is 5.81. The summed E-state index contributed by atoms with van der Waals surface area (Å²) >= 11 is 0. The van der Waals surface area contributed by atoms with Crippen molar-refractivity contribution in [1.82, 2.24) is 10.2 Å². The average Bonchev–Trinajstić information content (AvgIpc) is 2.93. The quantitative estimate of drug-likeness (QED) is 0.317. The van der Waals surface area contributed by atoms with Crippen molar-refractivity contribution < 1.29 is 22.7 Å². The maximum absolute atomic E-state index is 14.1. The molecule has 3 rings (SSSR count). The Morgan fingerprint density at radius 2 is 1.52 bits per heavy atom. The Bertz CT molecular complexity index is 1380. The highest BCUT2D eigenvalue weighted by atomic mass is 32.2. The summed E-state index contributed by atoms with van der Waals surface area (Å²) in [6, 6.07) is 21.5. The minimum atomic E-state index is -4.17. The molecule has 3 aromatic rings. The van der Waals surface area contributed by atoms with E-state index in [1.807, 2.05) is 52.0 Å². The third kappa shape index (κ3) is 7.63. The average molecular weight is 566 g/mol. The van der Waals surface area contributed by atoms with E-state index in [4.69, 9.17) is 4.74 Å². The van der Waals surface area contributed by atoms with Crippen molar-refractivity contribution in [3.63, 3.8) is 0 Å². The van der Waals surface area contributed by atoms with Gasteiger partial charge in [-0.1, -0.05) is 67.1 Å². The molecule has 0 bridgehead atoms. The van der Waals surface area contributed by atoms with Gasteiger partial charge >= 0.3 is 0 Å². The van der Waals surface area contributed by atoms with Gasteiger partial charge in [0.05, 0.1) is 17.2 Å². The molecule has 3 aromatic carbocycles. The largest absolute Gasteiger partial charge is 0.492 e. The van der Waals surface area contributed by atoms with E-state index in [2.05, 4.69) is 5.32 Å². The van der Waals surface area contributed by atoms with Gasteiger partial charge in [0.1, 0.15) is 18.3 Å². The minimum Gasteiger partial charge on any atom is -0.492 e. The molecule has 1 N–H and O–H groups in total. The molecular formula is C31H39N3O5S. The summed E-state index contributed by atoms with van der Waals surface area (Å²) in [4.78, 5) is 28.9. The summed E-state index contributed by atoms with van der Waals surface area (Å²) in [5.41, 5.74) is 2.15. The number of amides is 2. The second-order valence-corrected chi connectivity index (χ2v) is 11.7. The molecule has 0 aliphatic rings. The van der Waals surface area contributed by atoms with E-state index in [0.29, 0.717) is 18.8 Å². The van der Waals surface area contributed by atoms with Crippen LogP contribution in [0.5, 0.6) is 5.75 Å². The zero-order valence-electron chi connectivity index (χ0n) is 23.8. The van der Waals surface area contributed by atoms with Crippen LogP contribution in [0, 0.1) is 6.92 Å². The molecule has 0 heterocycles. The molecule has 0 unspecified atom stereocenters. The molecule has 0 aliphatic heterocycles. The minimum absolute atomic E-state index is 0.0452. The van der Waals surface area contributed by atoms with Crippen LogP contribution in [0.3, 0.4) is 0 Å². The summed E-state index contributed by atoms with van der Waals surface area (Å²) in [6.45, 7) is 9.28. The van der Waals surface area contributed by atoms with Crippen molar-refractivity contribution in [3.8, 4) is 5.75 Å². The van der Waals surface area contributed by atoms with Gasteiger partial charge in [0.25, 0.3) is 10.0 Å². The van der Waals surface area contributed by atoms with Gasteiger partial charge < -0.3 is 15.0 Å². The number of hydrogen-bond acceptors (Lipinski definition) is 5. The summed E-state index contributed by atoms with van der Waals surface area (Å²) in [7, 11) is -4.17. The standard InChI is InChI=1S/C31H39N3O5S/c1-6-27(31(36)32-23(3)4)33(21-25-19-17-24(5)18-20-25)30(35)22-34(28-15-11-12-16-29(28)39-7-2)40(37,38)26-13-9-8-10-14-26/h8-20,23,27H,6-7,21-22H2,1-5H3,(H,32,36)/t27-/m0/s1. The fourth-order valence-electron chi connectivity index (χ4n) is 4.36. The van der Waals surface area contributed by atoms with Gasteiger partial charge in [-0.2, -0.15) is 0 Å². The lowest BCUT2D eigenvalue weighted by Crippen LogP contribution is -2.53. The number of sulfonamides is 1. The lowest BCUT2D eigenvalue weighted by molar-refractivity contribution is -0.140. The Kier molecular flexibility index (Phi) is 10.7. The number of aryl methyl sites for hydroxylation is 1. The van der Waals surface area contributed by atoms with Gasteiger partial charge in [0, 0.05) is 12.6 Å². The van der Waals surface area contributed by atoms with Gasteiger partial charge in [-0.25, -0.2) is 8.42 Å². The van der Waals surface area contributed by atoms with E-state index in [1.165, 1.54) is 17.0 Å². The topological polar surface area (TPSA) is 96.0 Å². The van der Waals surface area contributed by atoms with Gasteiger partial charge in [-0.15, -0.1) is 0 Å². The highest BCUT2D eigenvalue weighted by molar-refractivity contribution is 7.92. The number of carbonyl (C=O) groups excluding carboxylic acids is 2. The van der Waals surface area contributed by atoms with Crippen LogP contribution in [0.2, 0.25) is 0 Å². The molecule has 1 atom stereocenters. The van der Waals surface area contributed by atoms with Crippen LogP contribution in [0.15, 0.2) is 83.8 Å². The Morgan fingerprint density at radius 1 is 0.900 bits per heavy atom. The third-order valence-corrected chi connectivity index (χ3v) is 8.11. The van der Waals surface area contributed by atoms with Crippen LogP contribution in [0.25, 0.3) is 0 Å². The molecule has 214 valence electrons. The predicted octanol–water partition coefficient (Wildman–Crippen LogP) is 4.92. The second-order valence-electron chi connectivity index (χ2n) is 9.82. The molecule has 0 fully saturated rings. The van der Waals surface area contributed by atoms with Crippen LogP contribution in [0.1, 0.15) is 45.2 Å². The van der Waals surface area contributed by atoms with Crippen molar-refractivity contribution in [2.75, 3.05) is 17.5 Å². The van der Waals surface area contributed by atoms with Gasteiger partial charge in [-0.05, 0) is 63.9 Å². The molecule has 0 aliphatic carbocycles. The van der Waals surface area contributed by atoms with Gasteiger partial charge in [-0.3, -0.25) is 13.9 Å². The molecule has 0 spiro atoms. The normalized spacial score (nSPS) is 12.1. The monoisotopic (exact) mass is 565 g/mol. The van der Waals surface area contributed by atoms with E-state index in [9.17, 15) is 18.0 Å². The van der Waals surface area contributed by atoms with E-state index in [0.717, 1.165) is 15.4 Å². The summed E-state index contributed by atoms with van der Waals surface area (Å²) < 4.78 is 34.8. The Hall–Kier alpha value is -3.85. The van der Waals surface area contributed by atoms with Crippen LogP contribution in [-0.4, -0.2) is 50.4 Å². The lowest BCUT2D eigenvalue weighted by Gasteiger charge is -2.34. The van der Waals surface area contributed by atoms with E-state index in [1.54, 1.807) is 49.4 Å². The molecule has 0 radical (unpaired) electrons. The maximum atomic E-state index is 14.1. The molecule has 0 saturated heterocycles. The zero-order valence-corrected chi connectivity index (χ0v) is 24.6. The van der Waals surface area contributed by atoms with Gasteiger partial charge in [0.15, 0.2) is 0 Å². The number of para-hydroxylation sites is 2. The number of ether oxygens (including phenoxy) is 1. The number of hydrogen-bond donors (Lipinski definition) is 1. The SMILES string of the molecule is CCOc1ccccc1N(CC(=O)N(Cc1ccc(C)cc1)[C@@H](CC)C(=O)NC(C)C)S(=O)(=O)c1ccccc1. The first-order valence-electron chi connectivity index (χ1n) is 13.5. The van der Waals surface area contributed by atoms with Crippen molar-refractivity contribution >= 4 is 27.5 Å². The Morgan fingerprint density at radius 3 is 2.12 bits per heavy atom. The van der Waals surface area contributed by atoms with E-state index >= 15 is 0 Å². The van der Waals surface area contributed by atoms with Crippen LogP contribution in [0.4, 0.5) is 5.69 Å². The zero-order chi connectivity index (χ0) is 29.3. The summed E-state index contributed by atoms with van der Waals surface area (Å²) in [6.07, 6.45) is 0.358. The first-order valence-corrected chi connectivity index (χ1v) is 15.0. The van der Waals surface area contributed by atoms with Crippen LogP contribution in [-0.2, 0) is 26.2 Å². The number of rotatable bonds is 13. The predicted molar refractivity (Wildman–Crippen MR) is 158 cm³/mol. The summed E-state index contributed by atoms with van der Waals surface area (Å²) in [5.74, 6) is -0.450. The van der Waals surface area contributed by atoms with Crippen molar-refractivity contribution in [3.05, 3.63) is 90.0 Å². The smallest absolute Gasteiger partial charge is 0.264 e. The van der Waals surface area contributed by atoms with E-state index in [-0.39, 0.29) is 29.1 Å². The second kappa shape index (κ2) is 14.0.